The summed E-state index contributed by atoms with van der Waals surface area (Å²) in [5.41, 5.74) is 2.53. The van der Waals surface area contributed by atoms with Gasteiger partial charge in [0.2, 0.25) is 5.91 Å². The molecule has 0 aliphatic heterocycles. The van der Waals surface area contributed by atoms with Crippen molar-refractivity contribution in [1.82, 2.24) is 4.98 Å². The fraction of sp³-hybridized carbons (Fsp3) is 0.0435. The van der Waals surface area contributed by atoms with Gasteiger partial charge in [0.15, 0.2) is 15.0 Å². The maximum absolute atomic E-state index is 13.1. The summed E-state index contributed by atoms with van der Waals surface area (Å²) in [7, 11) is -3.91. The Labute approximate surface area is 183 Å². The van der Waals surface area contributed by atoms with Gasteiger partial charge < -0.3 is 5.32 Å². The van der Waals surface area contributed by atoms with Crippen molar-refractivity contribution in [1.29, 1.82) is 0 Å². The number of benzene rings is 3. The van der Waals surface area contributed by atoms with Crippen LogP contribution in [0.2, 0.25) is 0 Å². The van der Waals surface area contributed by atoms with Crippen molar-refractivity contribution in [3.05, 3.63) is 90.7 Å². The number of hydrogen-bond donors (Lipinski definition) is 1. The van der Waals surface area contributed by atoms with E-state index >= 15 is 0 Å². The zero-order valence-electron chi connectivity index (χ0n) is 16.2. The number of sulfone groups is 1. The molecule has 3 aromatic carbocycles. The van der Waals surface area contributed by atoms with E-state index in [0.29, 0.717) is 10.8 Å². The lowest BCUT2D eigenvalue weighted by Gasteiger charge is -2.04. The highest BCUT2D eigenvalue weighted by molar-refractivity contribution is 7.92. The first-order valence-electron chi connectivity index (χ1n) is 9.32. The van der Waals surface area contributed by atoms with E-state index in [1.54, 1.807) is 0 Å². The van der Waals surface area contributed by atoms with Crippen molar-refractivity contribution >= 4 is 32.2 Å². The van der Waals surface area contributed by atoms with Crippen molar-refractivity contribution in [3.8, 4) is 21.7 Å². The Kier molecular flexibility index (Phi) is 5.92. The zero-order valence-corrected chi connectivity index (χ0v) is 17.8. The van der Waals surface area contributed by atoms with Gasteiger partial charge in [-0.25, -0.2) is 17.8 Å². The molecular formula is C23H17FN2O3S2. The summed E-state index contributed by atoms with van der Waals surface area (Å²) in [6.45, 7) is 0. The third-order valence-corrected chi connectivity index (χ3v) is 7.10. The molecular weight excluding hydrogens is 435 g/mol. The van der Waals surface area contributed by atoms with Crippen LogP contribution < -0.4 is 5.32 Å². The number of nitrogens with zero attached hydrogens (tertiary/aromatic N) is 1. The number of thiazole rings is 1. The minimum absolute atomic E-state index is 0.113. The van der Waals surface area contributed by atoms with Gasteiger partial charge in [-0.1, -0.05) is 72.0 Å². The second-order valence-corrected chi connectivity index (χ2v) is 9.68. The Bertz CT molecular complexity index is 1250. The summed E-state index contributed by atoms with van der Waals surface area (Å²) in [5, 5.41) is 2.90. The van der Waals surface area contributed by atoms with Gasteiger partial charge in [0.1, 0.15) is 11.6 Å². The molecule has 1 aromatic heterocycles. The van der Waals surface area contributed by atoms with Crippen molar-refractivity contribution in [2.45, 2.75) is 4.90 Å². The van der Waals surface area contributed by atoms with Crippen LogP contribution in [0.4, 0.5) is 9.52 Å². The molecule has 0 aliphatic rings. The molecule has 4 rings (SSSR count). The van der Waals surface area contributed by atoms with Gasteiger partial charge in [-0.3, -0.25) is 4.79 Å². The van der Waals surface area contributed by atoms with Crippen molar-refractivity contribution in [2.75, 3.05) is 11.1 Å². The number of nitrogens with one attached hydrogen (secondary N) is 1. The molecule has 0 fully saturated rings. The smallest absolute Gasteiger partial charge is 0.241 e. The molecule has 0 saturated carbocycles. The quantitative estimate of drug-likeness (QED) is 0.417. The van der Waals surface area contributed by atoms with Crippen LogP contribution in [0.3, 0.4) is 0 Å². The summed E-state index contributed by atoms with van der Waals surface area (Å²) in [6.07, 6.45) is 0. The van der Waals surface area contributed by atoms with Crippen LogP contribution in [-0.2, 0) is 14.6 Å². The minimum atomic E-state index is -3.91. The molecule has 4 aromatic rings. The van der Waals surface area contributed by atoms with Gasteiger partial charge in [0.05, 0.1) is 15.5 Å². The van der Waals surface area contributed by atoms with Gasteiger partial charge >= 0.3 is 0 Å². The molecule has 8 heteroatoms. The average molecular weight is 453 g/mol. The van der Waals surface area contributed by atoms with Crippen LogP contribution in [0, 0.1) is 5.82 Å². The van der Waals surface area contributed by atoms with Crippen molar-refractivity contribution < 1.29 is 17.6 Å². The Morgan fingerprint density at radius 3 is 2.06 bits per heavy atom. The van der Waals surface area contributed by atoms with E-state index in [1.165, 1.54) is 11.3 Å². The fourth-order valence-electron chi connectivity index (χ4n) is 3.00. The van der Waals surface area contributed by atoms with E-state index < -0.39 is 27.3 Å². The number of amides is 1. The lowest BCUT2D eigenvalue weighted by Crippen LogP contribution is -2.23. The lowest BCUT2D eigenvalue weighted by atomic mass is 10.1. The van der Waals surface area contributed by atoms with Gasteiger partial charge in [0.25, 0.3) is 0 Å². The van der Waals surface area contributed by atoms with E-state index in [2.05, 4.69) is 10.3 Å². The SMILES string of the molecule is O=C(CS(=O)(=O)c1ccc(F)cc1)Nc1nc(-c2ccccc2)c(-c2ccccc2)s1. The molecule has 0 unspecified atom stereocenters. The predicted molar refractivity (Wildman–Crippen MR) is 120 cm³/mol. The highest BCUT2D eigenvalue weighted by Crippen LogP contribution is 2.38. The van der Waals surface area contributed by atoms with Crippen molar-refractivity contribution in [3.63, 3.8) is 0 Å². The largest absolute Gasteiger partial charge is 0.301 e. The number of rotatable bonds is 6. The molecule has 0 aliphatic carbocycles. The summed E-state index contributed by atoms with van der Waals surface area (Å²) in [4.78, 5) is 17.8. The summed E-state index contributed by atoms with van der Waals surface area (Å²) < 4.78 is 38.0. The van der Waals surface area contributed by atoms with E-state index in [0.717, 1.165) is 40.3 Å². The van der Waals surface area contributed by atoms with Crippen LogP contribution in [-0.4, -0.2) is 25.1 Å². The molecule has 1 heterocycles. The highest BCUT2D eigenvalue weighted by Gasteiger charge is 2.22. The number of anilines is 1. The van der Waals surface area contributed by atoms with E-state index in [9.17, 15) is 17.6 Å². The maximum atomic E-state index is 13.1. The molecule has 5 nitrogen and oxygen atoms in total. The van der Waals surface area contributed by atoms with Crippen LogP contribution in [0.15, 0.2) is 89.8 Å². The van der Waals surface area contributed by atoms with E-state index in [1.807, 2.05) is 60.7 Å². The maximum Gasteiger partial charge on any atom is 0.241 e. The monoisotopic (exact) mass is 452 g/mol. The molecule has 1 N–H and O–H groups in total. The molecule has 0 spiro atoms. The molecule has 0 saturated heterocycles. The van der Waals surface area contributed by atoms with E-state index in [4.69, 9.17) is 0 Å². The Hall–Kier alpha value is -3.36. The van der Waals surface area contributed by atoms with Gasteiger partial charge in [-0.05, 0) is 29.8 Å². The Morgan fingerprint density at radius 1 is 0.871 bits per heavy atom. The second kappa shape index (κ2) is 8.79. The molecule has 0 radical (unpaired) electrons. The van der Waals surface area contributed by atoms with Crippen LogP contribution in [0.1, 0.15) is 0 Å². The third kappa shape index (κ3) is 4.87. The fourth-order valence-corrected chi connectivity index (χ4v) is 5.15. The average Bonchev–Trinajstić information content (AvgIpc) is 3.18. The van der Waals surface area contributed by atoms with Crippen LogP contribution >= 0.6 is 11.3 Å². The number of carbonyl (C=O) groups is 1. The lowest BCUT2D eigenvalue weighted by molar-refractivity contribution is -0.113. The van der Waals surface area contributed by atoms with Gasteiger partial charge in [0, 0.05) is 5.56 Å². The first kappa shape index (κ1) is 20.9. The van der Waals surface area contributed by atoms with Crippen molar-refractivity contribution in [2.24, 2.45) is 0 Å². The standard InChI is InChI=1S/C23H17FN2O3S2/c24-18-11-13-19(14-12-18)31(28,29)15-20(27)25-23-26-21(16-7-3-1-4-8-16)22(30-23)17-9-5-2-6-10-17/h1-14H,15H2,(H,25,26,27). The normalized spacial score (nSPS) is 11.3. The number of aromatic nitrogens is 1. The molecule has 0 atom stereocenters. The Morgan fingerprint density at radius 2 is 1.45 bits per heavy atom. The first-order chi connectivity index (χ1) is 14.9. The molecule has 31 heavy (non-hydrogen) atoms. The van der Waals surface area contributed by atoms with Gasteiger partial charge in [-0.15, -0.1) is 0 Å². The number of carbonyl (C=O) groups excluding carboxylic acids is 1. The van der Waals surface area contributed by atoms with Gasteiger partial charge in [-0.2, -0.15) is 0 Å². The minimum Gasteiger partial charge on any atom is -0.301 e. The molecule has 1 amide bonds. The zero-order chi connectivity index (χ0) is 21.8. The highest BCUT2D eigenvalue weighted by atomic mass is 32.2. The summed E-state index contributed by atoms with van der Waals surface area (Å²) >= 11 is 1.27. The first-order valence-corrected chi connectivity index (χ1v) is 11.8. The topological polar surface area (TPSA) is 76.1 Å². The Balaban J connectivity index is 1.61. The van der Waals surface area contributed by atoms with Crippen LogP contribution in [0.25, 0.3) is 21.7 Å². The number of hydrogen-bond acceptors (Lipinski definition) is 5. The summed E-state index contributed by atoms with van der Waals surface area (Å²) in [6, 6.07) is 23.6. The molecule has 0 bridgehead atoms. The second-order valence-electron chi connectivity index (χ2n) is 6.69. The number of halogens is 1. The molecule has 156 valence electrons. The predicted octanol–water partition coefficient (Wildman–Crippen LogP) is 5.03. The van der Waals surface area contributed by atoms with E-state index in [-0.39, 0.29) is 4.90 Å². The third-order valence-electron chi connectivity index (χ3n) is 4.45. The summed E-state index contributed by atoms with van der Waals surface area (Å²) in [5.74, 6) is -2.02. The van der Waals surface area contributed by atoms with Crippen LogP contribution in [0.5, 0.6) is 0 Å².